The van der Waals surface area contributed by atoms with Gasteiger partial charge in [0, 0.05) is 24.7 Å². The Balaban J connectivity index is 1.78. The number of hydrogen-bond acceptors (Lipinski definition) is 7. The topological polar surface area (TPSA) is 74.6 Å². The van der Waals surface area contributed by atoms with Gasteiger partial charge in [-0.3, -0.25) is 4.79 Å². The Hall–Kier alpha value is -2.86. The first-order valence-electron chi connectivity index (χ1n) is 9.96. The van der Waals surface area contributed by atoms with Crippen molar-refractivity contribution in [2.45, 2.75) is 26.1 Å². The molecule has 33 heavy (non-hydrogen) atoms. The molecule has 1 aliphatic heterocycles. The Bertz CT molecular complexity index is 1020. The van der Waals surface area contributed by atoms with Crippen molar-refractivity contribution in [3.63, 3.8) is 0 Å². The zero-order valence-electron chi connectivity index (χ0n) is 17.8. The van der Waals surface area contributed by atoms with Crippen molar-refractivity contribution in [1.29, 1.82) is 0 Å². The molecule has 0 aliphatic carbocycles. The normalized spacial score (nSPS) is 15.0. The minimum Gasteiger partial charge on any atom is -0.504 e. The number of hydrogen-bond donors (Lipinski definition) is 1. The van der Waals surface area contributed by atoms with Crippen molar-refractivity contribution >= 4 is 46.5 Å². The average Bonchev–Trinajstić information content (AvgIpc) is 3.17. The lowest BCUT2D eigenvalue weighted by atomic mass is 9.97. The van der Waals surface area contributed by atoms with Gasteiger partial charge in [0.05, 0.1) is 17.9 Å². The molecule has 0 spiro atoms. The average molecular weight is 502 g/mol. The Labute approximate surface area is 198 Å². The lowest BCUT2D eigenvalue weighted by Crippen LogP contribution is -2.45. The molecule has 1 aliphatic rings. The van der Waals surface area contributed by atoms with Gasteiger partial charge in [-0.2, -0.15) is 5.10 Å². The highest BCUT2D eigenvalue weighted by Gasteiger charge is 2.32. The van der Waals surface area contributed by atoms with Gasteiger partial charge in [0.25, 0.3) is 0 Å². The van der Waals surface area contributed by atoms with Crippen LogP contribution < -0.4 is 9.75 Å². The van der Waals surface area contributed by atoms with Crippen LogP contribution in [0.25, 0.3) is 10.4 Å². The number of ether oxygens (including phenoxy) is 2. The predicted octanol–water partition coefficient (Wildman–Crippen LogP) is 5.00. The Morgan fingerprint density at radius 1 is 1.30 bits per heavy atom. The number of rotatable bonds is 5. The number of thiophene rings is 1. The zero-order valence-corrected chi connectivity index (χ0v) is 19.5. The van der Waals surface area contributed by atoms with E-state index in [1.165, 1.54) is 53.9 Å². The fraction of sp³-hybridized carbons (Fsp3) is 0.381. The summed E-state index contributed by atoms with van der Waals surface area (Å²) in [4.78, 5) is 14.1. The van der Waals surface area contributed by atoms with E-state index in [0.717, 1.165) is 0 Å². The predicted molar refractivity (Wildman–Crippen MR) is 124 cm³/mol. The van der Waals surface area contributed by atoms with Gasteiger partial charge in [-0.15, -0.1) is 24.5 Å². The number of anilines is 1. The minimum absolute atomic E-state index is 0.0955. The molecular weight excluding hydrogens is 479 g/mol. The number of aromatic hydroxyl groups is 1. The molecule has 2 heterocycles. The van der Waals surface area contributed by atoms with Gasteiger partial charge in [0.1, 0.15) is 11.4 Å². The second-order valence-corrected chi connectivity index (χ2v) is 8.37. The fourth-order valence-corrected chi connectivity index (χ4v) is 4.70. The van der Waals surface area contributed by atoms with Gasteiger partial charge in [-0.25, -0.2) is 5.01 Å². The SMILES string of the molecule is CC=NN(C(=S)N1CCC(C(=O)OC)CC1)c1csc(-c2ccc(OC(F)(F)F)cc2)c1O. The zero-order chi connectivity index (χ0) is 24.2. The first-order valence-corrected chi connectivity index (χ1v) is 11.3. The number of benzene rings is 1. The Kier molecular flexibility index (Phi) is 7.80. The second-order valence-electron chi connectivity index (χ2n) is 7.12. The van der Waals surface area contributed by atoms with E-state index in [1.54, 1.807) is 12.3 Å². The summed E-state index contributed by atoms with van der Waals surface area (Å²) in [6.07, 6.45) is -2.07. The molecule has 12 heteroatoms. The molecule has 1 saturated heterocycles. The highest BCUT2D eigenvalue weighted by Crippen LogP contribution is 2.44. The number of alkyl halides is 3. The summed E-state index contributed by atoms with van der Waals surface area (Å²) in [6.45, 7) is 2.78. The molecule has 0 radical (unpaired) electrons. The first-order chi connectivity index (χ1) is 15.6. The van der Waals surface area contributed by atoms with Crippen LogP contribution in [0.2, 0.25) is 0 Å². The van der Waals surface area contributed by atoms with Crippen molar-refractivity contribution in [3.05, 3.63) is 29.6 Å². The minimum atomic E-state index is -4.78. The number of likely N-dealkylation sites (tertiary alicyclic amines) is 1. The molecule has 0 bridgehead atoms. The molecule has 1 aromatic heterocycles. The third-order valence-electron chi connectivity index (χ3n) is 5.04. The highest BCUT2D eigenvalue weighted by atomic mass is 32.1. The smallest absolute Gasteiger partial charge is 0.504 e. The Morgan fingerprint density at radius 3 is 2.48 bits per heavy atom. The molecule has 7 nitrogen and oxygen atoms in total. The number of hydrazone groups is 1. The number of halogens is 3. The molecule has 0 unspecified atom stereocenters. The standard InChI is InChI=1S/C21H22F3N3O4S2/c1-3-25-27(20(32)26-10-8-14(9-11-26)19(29)30-2)16-12-33-18(17(16)28)13-4-6-15(7-5-13)31-21(22,23)24/h3-7,12,14,28H,8-11H2,1-2H3. The van der Waals surface area contributed by atoms with E-state index in [0.29, 0.717) is 47.2 Å². The van der Waals surface area contributed by atoms with Crippen LogP contribution in [-0.4, -0.2) is 53.9 Å². The van der Waals surface area contributed by atoms with Crippen molar-refractivity contribution < 1.29 is 32.5 Å². The van der Waals surface area contributed by atoms with E-state index >= 15 is 0 Å². The second kappa shape index (κ2) is 10.4. The van der Waals surface area contributed by atoms with Gasteiger partial charge in [-0.05, 0) is 61.8 Å². The Morgan fingerprint density at radius 2 is 1.94 bits per heavy atom. The summed E-state index contributed by atoms with van der Waals surface area (Å²) in [5.74, 6) is -0.864. The quantitative estimate of drug-likeness (QED) is 0.267. The summed E-state index contributed by atoms with van der Waals surface area (Å²) in [7, 11) is 1.37. The van der Waals surface area contributed by atoms with E-state index in [9.17, 15) is 23.1 Å². The molecule has 1 aromatic carbocycles. The summed E-state index contributed by atoms with van der Waals surface area (Å²) in [5.41, 5.74) is 0.868. The molecule has 0 amide bonds. The molecule has 0 saturated carbocycles. The first kappa shape index (κ1) is 24.8. The van der Waals surface area contributed by atoms with Crippen molar-refractivity contribution in [2.24, 2.45) is 11.0 Å². The molecule has 178 valence electrons. The fourth-order valence-electron chi connectivity index (χ4n) is 3.44. The van der Waals surface area contributed by atoms with Gasteiger partial charge < -0.3 is 19.5 Å². The number of carbonyl (C=O) groups is 1. The van der Waals surface area contributed by atoms with Crippen LogP contribution in [0.4, 0.5) is 18.9 Å². The number of thiocarbonyl (C=S) groups is 1. The van der Waals surface area contributed by atoms with Crippen LogP contribution in [0.15, 0.2) is 34.7 Å². The molecule has 1 N–H and O–H groups in total. The van der Waals surface area contributed by atoms with Crippen molar-refractivity contribution in [2.75, 3.05) is 25.2 Å². The molecule has 2 aromatic rings. The maximum atomic E-state index is 12.4. The van der Waals surface area contributed by atoms with E-state index in [4.69, 9.17) is 17.0 Å². The van der Waals surface area contributed by atoms with E-state index < -0.39 is 6.36 Å². The van der Waals surface area contributed by atoms with Gasteiger partial charge >= 0.3 is 12.3 Å². The monoisotopic (exact) mass is 501 g/mol. The summed E-state index contributed by atoms with van der Waals surface area (Å²) in [6, 6.07) is 5.22. The van der Waals surface area contributed by atoms with E-state index in [1.807, 2.05) is 4.90 Å². The molecule has 3 rings (SSSR count). The lowest BCUT2D eigenvalue weighted by molar-refractivity contribution is -0.274. The number of carbonyl (C=O) groups excluding carboxylic acids is 1. The molecule has 0 atom stereocenters. The van der Waals surface area contributed by atoms with Crippen LogP contribution in [0.3, 0.4) is 0 Å². The van der Waals surface area contributed by atoms with Crippen molar-refractivity contribution in [3.8, 4) is 21.9 Å². The summed E-state index contributed by atoms with van der Waals surface area (Å²) >= 11 is 6.83. The van der Waals surface area contributed by atoms with Crippen LogP contribution in [0.1, 0.15) is 19.8 Å². The van der Waals surface area contributed by atoms with E-state index in [-0.39, 0.29) is 23.4 Å². The number of methoxy groups -OCH3 is 1. The number of nitrogens with zero attached hydrogens (tertiary/aromatic N) is 3. The van der Waals surface area contributed by atoms with E-state index in [2.05, 4.69) is 9.84 Å². The lowest BCUT2D eigenvalue weighted by Gasteiger charge is -2.35. The van der Waals surface area contributed by atoms with Gasteiger partial charge in [0.2, 0.25) is 0 Å². The molecular formula is C21H22F3N3O4S2. The third-order valence-corrected chi connectivity index (χ3v) is 6.47. The maximum absolute atomic E-state index is 12.4. The van der Waals surface area contributed by atoms with Crippen LogP contribution >= 0.6 is 23.6 Å². The van der Waals surface area contributed by atoms with Gasteiger partial charge in [-0.1, -0.05) is 0 Å². The van der Waals surface area contributed by atoms with Gasteiger partial charge in [0.15, 0.2) is 10.9 Å². The third kappa shape index (κ3) is 5.93. The van der Waals surface area contributed by atoms with Crippen LogP contribution in [0, 0.1) is 5.92 Å². The number of piperidine rings is 1. The van der Waals surface area contributed by atoms with Crippen molar-refractivity contribution in [1.82, 2.24) is 4.90 Å². The maximum Gasteiger partial charge on any atom is 0.573 e. The van der Waals surface area contributed by atoms with Crippen LogP contribution in [0.5, 0.6) is 11.5 Å². The summed E-state index contributed by atoms with van der Waals surface area (Å²) in [5, 5.41) is 18.6. The summed E-state index contributed by atoms with van der Waals surface area (Å²) < 4.78 is 45.9. The number of esters is 1. The molecule has 1 fully saturated rings. The van der Waals surface area contributed by atoms with Crippen LogP contribution in [-0.2, 0) is 9.53 Å². The highest BCUT2D eigenvalue weighted by molar-refractivity contribution is 7.80. The largest absolute Gasteiger partial charge is 0.573 e.